The second kappa shape index (κ2) is 7.64. The van der Waals surface area contributed by atoms with E-state index in [1.54, 1.807) is 0 Å². The molecule has 0 amide bonds. The van der Waals surface area contributed by atoms with E-state index < -0.39 is 0 Å². The minimum atomic E-state index is 0.847. The van der Waals surface area contributed by atoms with Gasteiger partial charge in [-0.3, -0.25) is 0 Å². The molecule has 0 nitrogen and oxygen atoms in total. The van der Waals surface area contributed by atoms with E-state index >= 15 is 0 Å². The zero-order chi connectivity index (χ0) is 6.95. The maximum atomic E-state index is 4.78. The predicted molar refractivity (Wildman–Crippen MR) is 42.3 cm³/mol. The average Bonchev–Trinajstić information content (AvgIpc) is 2.43. The van der Waals surface area contributed by atoms with Crippen LogP contribution in [-0.4, -0.2) is 17.7 Å². The molecule has 0 aromatic carbocycles. The summed E-state index contributed by atoms with van der Waals surface area (Å²) < 4.78 is 0. The molecule has 0 N–H and O–H groups in total. The Kier molecular flexibility index (Phi) is 7.33. The first-order valence-electron chi connectivity index (χ1n) is 3.17. The van der Waals surface area contributed by atoms with Crippen LogP contribution in [0.5, 0.6) is 0 Å². The van der Waals surface area contributed by atoms with Gasteiger partial charge in [0.1, 0.15) is 0 Å². The minimum absolute atomic E-state index is 0.847. The molecule has 0 atom stereocenters. The third-order valence-corrected chi connectivity index (χ3v) is 0.860. The van der Waals surface area contributed by atoms with Crippen LogP contribution in [0.15, 0.2) is 24.3 Å². The first kappa shape index (κ1) is 8.64. The Bertz CT molecular complexity index is 127. The number of allylic oxidation sites excluding steroid dienone is 4. The Morgan fingerprint density at radius 3 is 2.00 bits per heavy atom. The van der Waals surface area contributed by atoms with E-state index in [-0.39, 0.29) is 0 Å². The van der Waals surface area contributed by atoms with Crippen molar-refractivity contribution in [2.45, 2.75) is 11.5 Å². The summed E-state index contributed by atoms with van der Waals surface area (Å²) in [6.45, 7) is 0. The van der Waals surface area contributed by atoms with Crippen molar-refractivity contribution in [1.29, 1.82) is 0 Å². The van der Waals surface area contributed by atoms with E-state index in [0.717, 1.165) is 11.5 Å². The predicted octanol–water partition coefficient (Wildman–Crippen LogP) is 1.71. The Balaban J connectivity index is 0.000000148. The molecule has 0 unspecified atom stereocenters. The molecule has 0 aromatic heterocycles. The van der Waals surface area contributed by atoms with Crippen molar-refractivity contribution in [3.8, 4) is 12.3 Å². The molecule has 0 bridgehead atoms. The molecule has 42 valence electrons. The van der Waals surface area contributed by atoms with Crippen molar-refractivity contribution in [2.75, 3.05) is 0 Å². The summed E-state index contributed by atoms with van der Waals surface area (Å²) in [4.78, 5) is 0. The van der Waals surface area contributed by atoms with Gasteiger partial charge >= 0.3 is 35.2 Å². The monoisotopic (exact) mass is 112 g/mol. The van der Waals surface area contributed by atoms with Crippen LogP contribution in [0.25, 0.3) is 0 Å². The fraction of sp³-hybridized carbons (Fsp3) is 0.250. The Morgan fingerprint density at radius 2 is 1.89 bits per heavy atom. The number of terminal acetylenes is 1. The second-order valence-corrected chi connectivity index (χ2v) is 1.65. The fourth-order valence-corrected chi connectivity index (χ4v) is 0.393. The molecular weight excluding hydrogens is 103 g/mol. The number of hydrogen-bond donors (Lipinski definition) is 0. The Hall–Kier alpha value is -0.363. The van der Waals surface area contributed by atoms with Crippen molar-refractivity contribution in [2.24, 2.45) is 0 Å². The molecule has 1 aliphatic rings. The van der Waals surface area contributed by atoms with Gasteiger partial charge in [-0.15, -0.1) is 0 Å². The molecule has 0 aromatic rings. The number of rotatable bonds is 0. The van der Waals surface area contributed by atoms with Crippen LogP contribution in [-0.2, 0) is 0 Å². The zero-order valence-electron chi connectivity index (χ0n) is 5.80. The van der Waals surface area contributed by atoms with Gasteiger partial charge in [-0.05, 0) is 6.42 Å². The van der Waals surface area contributed by atoms with Gasteiger partial charge in [-0.2, -0.15) is 0 Å². The van der Waals surface area contributed by atoms with Crippen molar-refractivity contribution in [3.05, 3.63) is 24.3 Å². The van der Waals surface area contributed by atoms with Gasteiger partial charge in [0, 0.05) is 0 Å². The topological polar surface area (TPSA) is 0 Å². The molecule has 1 aliphatic carbocycles. The van der Waals surface area contributed by atoms with Gasteiger partial charge in [-0.25, -0.2) is 0 Å². The van der Waals surface area contributed by atoms with Gasteiger partial charge in [-0.1, -0.05) is 24.3 Å². The summed E-state index contributed by atoms with van der Waals surface area (Å²) in [6, 6.07) is 0. The normalized spacial score (nSPS) is 12.1. The van der Waals surface area contributed by atoms with E-state index in [1.165, 1.54) is 0 Å². The van der Waals surface area contributed by atoms with Gasteiger partial charge < -0.3 is 0 Å². The molecular formula is C8H9Li. The quantitative estimate of drug-likeness (QED) is 0.330. The molecule has 0 saturated heterocycles. The average molecular weight is 112 g/mol. The van der Waals surface area contributed by atoms with Gasteiger partial charge in [0.15, 0.2) is 0 Å². The molecule has 1 heteroatoms. The van der Waals surface area contributed by atoms with Crippen LogP contribution in [0.2, 0.25) is 5.09 Å². The summed E-state index contributed by atoms with van der Waals surface area (Å²) in [7, 11) is 0. The molecule has 0 aliphatic heterocycles. The molecule has 0 fully saturated rings. The van der Waals surface area contributed by atoms with E-state index in [2.05, 4.69) is 30.2 Å². The maximum absolute atomic E-state index is 4.78. The van der Waals surface area contributed by atoms with Crippen LogP contribution in [0.3, 0.4) is 0 Å². The van der Waals surface area contributed by atoms with Crippen LogP contribution in [0.1, 0.15) is 6.42 Å². The molecule has 1 rings (SSSR count). The van der Waals surface area contributed by atoms with Gasteiger partial charge in [0.05, 0.1) is 0 Å². The summed E-state index contributed by atoms with van der Waals surface area (Å²) in [5.41, 5.74) is 0. The van der Waals surface area contributed by atoms with Gasteiger partial charge in [0.25, 0.3) is 0 Å². The van der Waals surface area contributed by atoms with Crippen LogP contribution in [0, 0.1) is 12.3 Å². The standard InChI is InChI=1S/C5H6.C3H3.Li/c1-2-4-5-3-1;1-3-2;/h1-4H,5H2;1H,2H2;. The molecule has 0 saturated carbocycles. The molecule has 0 radical (unpaired) electrons. The summed E-state index contributed by atoms with van der Waals surface area (Å²) >= 11 is 1.94. The van der Waals surface area contributed by atoms with Crippen LogP contribution in [0.4, 0.5) is 0 Å². The summed E-state index contributed by atoms with van der Waals surface area (Å²) in [5, 5.41) is 0.847. The van der Waals surface area contributed by atoms with E-state index in [9.17, 15) is 0 Å². The second-order valence-electron chi connectivity index (χ2n) is 1.65. The van der Waals surface area contributed by atoms with Crippen LogP contribution >= 0.6 is 0 Å². The Morgan fingerprint density at radius 1 is 1.44 bits per heavy atom. The SMILES string of the molecule is C1=CCC=C1.[Li][CH2]C#C. The summed E-state index contributed by atoms with van der Waals surface area (Å²) in [6.07, 6.45) is 14.3. The zero-order valence-corrected chi connectivity index (χ0v) is 5.80. The molecule has 0 spiro atoms. The van der Waals surface area contributed by atoms with Crippen LogP contribution < -0.4 is 0 Å². The van der Waals surface area contributed by atoms with E-state index in [4.69, 9.17) is 6.42 Å². The molecule has 0 heterocycles. The van der Waals surface area contributed by atoms with Crippen molar-refractivity contribution >= 4 is 17.7 Å². The number of hydrogen-bond acceptors (Lipinski definition) is 0. The Labute approximate surface area is 66.2 Å². The third-order valence-electron chi connectivity index (χ3n) is 0.860. The van der Waals surface area contributed by atoms with Gasteiger partial charge in [0.2, 0.25) is 0 Å². The summed E-state index contributed by atoms with van der Waals surface area (Å²) in [5.74, 6) is 2.43. The van der Waals surface area contributed by atoms with Crippen molar-refractivity contribution < 1.29 is 0 Å². The van der Waals surface area contributed by atoms with Crippen molar-refractivity contribution in [1.82, 2.24) is 0 Å². The first-order chi connectivity index (χ1) is 4.41. The van der Waals surface area contributed by atoms with Crippen molar-refractivity contribution in [3.63, 3.8) is 0 Å². The van der Waals surface area contributed by atoms with E-state index in [0.29, 0.717) is 0 Å². The molecule has 9 heavy (non-hydrogen) atoms. The van der Waals surface area contributed by atoms with E-state index in [1.807, 2.05) is 17.7 Å². The third kappa shape index (κ3) is 7.64. The fourth-order valence-electron chi connectivity index (χ4n) is 0.393. The first-order valence-corrected chi connectivity index (χ1v) is 3.17.